The van der Waals surface area contributed by atoms with Crippen molar-refractivity contribution in [1.82, 2.24) is 53.2 Å². The summed E-state index contributed by atoms with van der Waals surface area (Å²) >= 11 is 0. The highest BCUT2D eigenvalue weighted by molar-refractivity contribution is 5.78. The molecule has 37 nitrogen and oxygen atoms in total. The summed E-state index contributed by atoms with van der Waals surface area (Å²) in [5.74, 6) is -3.01. The summed E-state index contributed by atoms with van der Waals surface area (Å²) in [7, 11) is 0. The topological polar surface area (TPSA) is 539 Å². The zero-order valence-electron chi connectivity index (χ0n) is 58.9. The molecule has 15 atom stereocenters. The second-order valence-electron chi connectivity index (χ2n) is 25.4. The number of hydrogen-bond donors (Lipinski definition) is 19. The van der Waals surface area contributed by atoms with E-state index in [1.165, 1.54) is 20.8 Å². The van der Waals surface area contributed by atoms with Gasteiger partial charge in [0, 0.05) is 124 Å². The van der Waals surface area contributed by atoms with Gasteiger partial charge in [0.05, 0.1) is 65.0 Å². The van der Waals surface area contributed by atoms with Gasteiger partial charge in [0.25, 0.3) is 0 Å². The van der Waals surface area contributed by atoms with E-state index in [0.29, 0.717) is 57.8 Å². The minimum Gasteiger partial charge on any atom is -0.394 e. The van der Waals surface area contributed by atoms with Crippen molar-refractivity contribution in [3.8, 4) is 0 Å². The van der Waals surface area contributed by atoms with Crippen molar-refractivity contribution in [2.45, 2.75) is 234 Å². The molecule has 3 rings (SSSR count). The number of carbonyl (C=O) groups is 9. The molecule has 3 aliphatic heterocycles. The Labute approximate surface area is 589 Å². The Balaban J connectivity index is 1.40. The number of ether oxygens (including phenoxy) is 9. The van der Waals surface area contributed by atoms with Crippen LogP contribution in [0.3, 0.4) is 0 Å². The van der Waals surface area contributed by atoms with Crippen LogP contribution in [0.15, 0.2) is 0 Å². The quantitative estimate of drug-likeness (QED) is 0.0252. The van der Waals surface area contributed by atoms with E-state index in [1.54, 1.807) is 0 Å². The average molecular weight is 1460 g/mol. The number of amides is 9. The Morgan fingerprint density at radius 1 is 0.356 bits per heavy atom. The van der Waals surface area contributed by atoms with Crippen LogP contribution in [0.2, 0.25) is 0 Å². The molecule has 101 heavy (non-hydrogen) atoms. The molecular formula is C64H116N10O27. The maximum atomic E-state index is 12.9. The Bertz CT molecular complexity index is 2180. The molecule has 3 heterocycles. The highest BCUT2D eigenvalue weighted by Crippen LogP contribution is 2.26. The summed E-state index contributed by atoms with van der Waals surface area (Å²) in [6.07, 6.45) is -11.0. The van der Waals surface area contributed by atoms with Gasteiger partial charge in [-0.15, -0.1) is 0 Å². The third kappa shape index (κ3) is 36.2. The molecule has 584 valence electrons. The van der Waals surface area contributed by atoms with Gasteiger partial charge in [-0.1, -0.05) is 13.8 Å². The lowest BCUT2D eigenvalue weighted by atomic mass is 9.97. The molecular weight excluding hydrogens is 1340 g/mol. The van der Waals surface area contributed by atoms with Crippen LogP contribution in [0, 0.1) is 0 Å². The molecule has 0 saturated carbocycles. The van der Waals surface area contributed by atoms with Gasteiger partial charge in [-0.05, 0) is 57.8 Å². The summed E-state index contributed by atoms with van der Waals surface area (Å²) in [6.45, 7) is 7.73. The van der Waals surface area contributed by atoms with E-state index in [4.69, 9.17) is 42.6 Å². The Hall–Kier alpha value is -5.53. The van der Waals surface area contributed by atoms with Crippen molar-refractivity contribution < 1.29 is 132 Å². The third-order valence-electron chi connectivity index (χ3n) is 16.1. The number of hydrogen-bond acceptors (Lipinski definition) is 28. The van der Waals surface area contributed by atoms with Gasteiger partial charge in [0.1, 0.15) is 73.1 Å². The lowest BCUT2D eigenvalue weighted by molar-refractivity contribution is -0.270. The maximum absolute atomic E-state index is 12.9. The van der Waals surface area contributed by atoms with Gasteiger partial charge >= 0.3 is 0 Å². The number of aliphatic hydroxyl groups excluding tert-OH is 9. The maximum Gasteiger partial charge on any atom is 0.222 e. The first-order chi connectivity index (χ1) is 48.2. The molecule has 0 aromatic rings. The minimum absolute atomic E-state index is 0.00518. The Morgan fingerprint density at radius 2 is 0.604 bits per heavy atom. The molecule has 0 aliphatic carbocycles. The van der Waals surface area contributed by atoms with Crippen LogP contribution < -0.4 is 53.2 Å². The summed E-state index contributed by atoms with van der Waals surface area (Å²) in [5, 5.41) is 118. The van der Waals surface area contributed by atoms with E-state index < -0.39 is 135 Å². The largest absolute Gasteiger partial charge is 0.394 e. The van der Waals surface area contributed by atoms with Gasteiger partial charge in [0.2, 0.25) is 53.2 Å². The molecule has 0 bridgehead atoms. The first-order valence-corrected chi connectivity index (χ1v) is 34.9. The van der Waals surface area contributed by atoms with E-state index in [-0.39, 0.29) is 179 Å². The molecule has 0 radical (unpaired) electrons. The summed E-state index contributed by atoms with van der Waals surface area (Å²) in [6, 6.07) is -3.36. The number of carbonyl (C=O) groups excluding carboxylic acids is 9. The Kier molecular flexibility index (Phi) is 45.1. The first kappa shape index (κ1) is 89.7. The standard InChI is InChI=1S/C64H116N10O27/c1-39(2)74-64(36-93-30-18-49(84)68-24-12-21-65-46(81)15-6-9-27-96-61-52(71-40(3)78)58(90)55(87)43(33-75)99-61,37-94-31-19-50(85)69-25-13-22-66-47(82)16-7-10-28-97-62-53(72-41(4)79)59(91)56(88)44(34-76)100-62)38-95-32-20-51(86)70-26-14-23-67-48(83)17-8-11-29-98-63-54(73-42(5)80)60(92)57(89)45(35-77)101-63/h39,43-45,52-63,74-77,87-92H,6-38H2,1-5H3,(H,65,81)(H,66,82)(H,67,83)(H,68,84)(H,69,85)(H,70,86)(H,71,78)(H,72,79)(H,73,80)/t43-,44?,45?,52?,53?,54?,55+,56+,57+,58?,59?,60?,61-,62-,63-,64?/m1/s1. The molecule has 3 fully saturated rings. The second kappa shape index (κ2) is 50.8. The molecule has 0 aromatic carbocycles. The number of unbranched alkanes of at least 4 members (excludes halogenated alkanes) is 3. The van der Waals surface area contributed by atoms with E-state index in [9.17, 15) is 89.1 Å². The fourth-order valence-corrected chi connectivity index (χ4v) is 10.9. The van der Waals surface area contributed by atoms with E-state index in [2.05, 4.69) is 53.2 Å². The van der Waals surface area contributed by atoms with Gasteiger partial charge in [-0.25, -0.2) is 0 Å². The second-order valence-corrected chi connectivity index (χ2v) is 25.4. The van der Waals surface area contributed by atoms with Crippen molar-refractivity contribution in [2.75, 3.05) is 119 Å². The van der Waals surface area contributed by atoms with Gasteiger partial charge in [0.15, 0.2) is 18.9 Å². The summed E-state index contributed by atoms with van der Waals surface area (Å²) in [5.41, 5.74) is -1.02. The lowest BCUT2D eigenvalue weighted by Crippen LogP contribution is -2.64. The fraction of sp³-hybridized carbons (Fsp3) is 0.859. The van der Waals surface area contributed by atoms with Crippen molar-refractivity contribution in [2.24, 2.45) is 0 Å². The molecule has 3 aliphatic rings. The van der Waals surface area contributed by atoms with E-state index >= 15 is 0 Å². The Morgan fingerprint density at radius 3 is 0.832 bits per heavy atom. The van der Waals surface area contributed by atoms with Crippen molar-refractivity contribution in [1.29, 1.82) is 0 Å². The molecule has 9 amide bonds. The van der Waals surface area contributed by atoms with Crippen LogP contribution >= 0.6 is 0 Å². The van der Waals surface area contributed by atoms with Crippen LogP contribution in [-0.4, -0.2) is 321 Å². The smallest absolute Gasteiger partial charge is 0.222 e. The van der Waals surface area contributed by atoms with Crippen molar-refractivity contribution >= 4 is 53.2 Å². The highest BCUT2D eigenvalue weighted by atomic mass is 16.7. The molecule has 0 spiro atoms. The zero-order valence-corrected chi connectivity index (χ0v) is 58.9. The highest BCUT2D eigenvalue weighted by Gasteiger charge is 2.48. The van der Waals surface area contributed by atoms with Gasteiger partial charge in [-0.2, -0.15) is 0 Å². The van der Waals surface area contributed by atoms with E-state index in [0.717, 1.165) is 0 Å². The summed E-state index contributed by atoms with van der Waals surface area (Å²) in [4.78, 5) is 111. The first-order valence-electron chi connectivity index (χ1n) is 34.9. The number of nitrogens with one attached hydrogen (secondary N) is 10. The lowest BCUT2D eigenvalue weighted by Gasteiger charge is -2.42. The predicted molar refractivity (Wildman–Crippen MR) is 355 cm³/mol. The monoisotopic (exact) mass is 1460 g/mol. The minimum atomic E-state index is -1.44. The third-order valence-corrected chi connectivity index (χ3v) is 16.1. The predicted octanol–water partition coefficient (Wildman–Crippen LogP) is -6.80. The van der Waals surface area contributed by atoms with Crippen molar-refractivity contribution in [3.05, 3.63) is 0 Å². The number of rotatable bonds is 53. The number of aliphatic hydroxyl groups is 9. The molecule has 19 N–H and O–H groups in total. The molecule has 0 aromatic heterocycles. The van der Waals surface area contributed by atoms with Gasteiger partial charge in [-0.3, -0.25) is 43.2 Å². The fourth-order valence-electron chi connectivity index (χ4n) is 10.9. The van der Waals surface area contributed by atoms with Crippen LogP contribution in [0.4, 0.5) is 0 Å². The van der Waals surface area contributed by atoms with Crippen LogP contribution in [0.5, 0.6) is 0 Å². The van der Waals surface area contributed by atoms with Crippen molar-refractivity contribution in [3.63, 3.8) is 0 Å². The molecule has 3 saturated heterocycles. The van der Waals surface area contributed by atoms with Gasteiger partial charge < -0.3 is 142 Å². The summed E-state index contributed by atoms with van der Waals surface area (Å²) < 4.78 is 51.9. The molecule has 8 unspecified atom stereocenters. The van der Waals surface area contributed by atoms with Crippen LogP contribution in [0.25, 0.3) is 0 Å². The average Bonchev–Trinajstić information content (AvgIpc) is 0.824. The normalized spacial score (nSPS) is 25.6. The SMILES string of the molecule is CC(=O)NC1C(O)[C@@H](O)C(CO)O[C@H]1OCCCCC(=O)NCCCNC(=O)CCOCC(COCCC(=O)NCCCNC(=O)CCCCO[C@@H]1OC(CO)[C@H](O)C(O)C1NC(C)=O)(COCCC(=O)NCCCNC(=O)CCCCO[C@@H]1O[C@H](CO)[C@H](O)C(O)C1NC(C)=O)NC(C)C. The van der Waals surface area contributed by atoms with E-state index in [1.807, 2.05) is 13.8 Å². The zero-order chi connectivity index (χ0) is 74.7. The van der Waals surface area contributed by atoms with Crippen LogP contribution in [0.1, 0.15) is 131 Å². The van der Waals surface area contributed by atoms with Crippen LogP contribution in [-0.2, 0) is 85.8 Å². The molecule has 37 heteroatoms.